The summed E-state index contributed by atoms with van der Waals surface area (Å²) in [5, 5.41) is 8.57. The molecule has 0 radical (unpaired) electrons. The zero-order chi connectivity index (χ0) is 23.1. The second-order valence-electron chi connectivity index (χ2n) is 9.73. The van der Waals surface area contributed by atoms with E-state index in [9.17, 15) is 9.59 Å². The first kappa shape index (κ1) is 28.4. The highest BCUT2D eigenvalue weighted by Gasteiger charge is 2.48. The third kappa shape index (κ3) is 13.4. The summed E-state index contributed by atoms with van der Waals surface area (Å²) < 4.78 is 24.9. The lowest BCUT2D eigenvalue weighted by Gasteiger charge is -2.43. The van der Waals surface area contributed by atoms with Crippen LogP contribution in [-0.4, -0.2) is 57.4 Å². The summed E-state index contributed by atoms with van der Waals surface area (Å²) in [5.41, 5.74) is 0.251. The van der Waals surface area contributed by atoms with E-state index in [-0.39, 0.29) is 12.1 Å². The van der Waals surface area contributed by atoms with Crippen LogP contribution in [0.15, 0.2) is 12.2 Å². The van der Waals surface area contributed by atoms with E-state index in [1.54, 1.807) is 0 Å². The summed E-state index contributed by atoms with van der Waals surface area (Å²) in [6.07, 6.45) is 3.26. The van der Waals surface area contributed by atoms with Gasteiger partial charge in [0.15, 0.2) is 25.0 Å². The zero-order valence-corrected chi connectivity index (χ0v) is 23.8. The molecule has 11 heteroatoms. The Kier molecular flexibility index (Phi) is 10.9. The van der Waals surface area contributed by atoms with Crippen molar-refractivity contribution in [2.45, 2.75) is 84.2 Å². The Bertz CT molecular complexity index is 564. The Balaban J connectivity index is 5.20. The molecule has 0 saturated heterocycles. The van der Waals surface area contributed by atoms with E-state index in [4.69, 9.17) is 22.2 Å². The standard InChI is InChI=1S/C18H40O7Si4/c1-11-16(14-15-22-18(21)13-12-17(19)20)28(8,9)25-29(10,23-26(2,3)4)24-27(5,6)7/h12-13,16H,11,14-15H2,1-10H3,(H,19,20)/b13-12+. The Morgan fingerprint density at radius 2 is 1.34 bits per heavy atom. The SMILES string of the molecule is CCC(CCOC(=O)/C=C/C(=O)O)[Si](C)(C)O[Si](C)(O[Si](C)(C)C)O[Si](C)(C)C. The van der Waals surface area contributed by atoms with Gasteiger partial charge in [-0.2, -0.15) is 0 Å². The summed E-state index contributed by atoms with van der Waals surface area (Å²) in [5.74, 6) is -1.82. The molecular weight excluding hydrogens is 441 g/mol. The van der Waals surface area contributed by atoms with Crippen molar-refractivity contribution >= 4 is 45.7 Å². The van der Waals surface area contributed by atoms with Crippen LogP contribution >= 0.6 is 0 Å². The third-order valence-electron chi connectivity index (χ3n) is 3.98. The molecule has 0 rings (SSSR count). The van der Waals surface area contributed by atoms with E-state index in [1.807, 2.05) is 6.55 Å². The molecule has 0 aromatic heterocycles. The zero-order valence-electron chi connectivity index (χ0n) is 19.8. The average molecular weight is 481 g/mol. The van der Waals surface area contributed by atoms with Gasteiger partial charge in [-0.05, 0) is 64.3 Å². The number of ether oxygens (including phenoxy) is 1. The quantitative estimate of drug-likeness (QED) is 0.229. The molecular formula is C18H40O7Si4. The molecule has 0 aromatic carbocycles. The average Bonchev–Trinajstić information content (AvgIpc) is 2.43. The number of hydrogen-bond acceptors (Lipinski definition) is 6. The van der Waals surface area contributed by atoms with Crippen LogP contribution in [0.3, 0.4) is 0 Å². The predicted octanol–water partition coefficient (Wildman–Crippen LogP) is 4.83. The van der Waals surface area contributed by atoms with Crippen molar-refractivity contribution in [2.24, 2.45) is 0 Å². The molecule has 7 nitrogen and oxygen atoms in total. The molecule has 0 fully saturated rings. The molecule has 0 aliphatic carbocycles. The fraction of sp³-hybridized carbons (Fsp3) is 0.778. The highest BCUT2D eigenvalue weighted by atomic mass is 28.5. The number of rotatable bonds is 13. The number of carbonyl (C=O) groups excluding carboxylic acids is 1. The lowest BCUT2D eigenvalue weighted by atomic mass is 10.2. The van der Waals surface area contributed by atoms with Gasteiger partial charge >= 0.3 is 20.7 Å². The largest absolute Gasteiger partial charge is 0.478 e. The highest BCUT2D eigenvalue weighted by molar-refractivity contribution is 6.90. The summed E-state index contributed by atoms with van der Waals surface area (Å²) in [6.45, 7) is 21.5. The lowest BCUT2D eigenvalue weighted by Crippen LogP contribution is -2.60. The van der Waals surface area contributed by atoms with Crippen molar-refractivity contribution in [2.75, 3.05) is 6.61 Å². The minimum Gasteiger partial charge on any atom is -0.478 e. The first-order valence-electron chi connectivity index (χ1n) is 10.1. The maximum Gasteiger partial charge on any atom is 0.466 e. The lowest BCUT2D eigenvalue weighted by molar-refractivity contribution is -0.138. The third-order valence-corrected chi connectivity index (χ3v) is 18.1. The van der Waals surface area contributed by atoms with Gasteiger partial charge in [-0.25, -0.2) is 9.59 Å². The summed E-state index contributed by atoms with van der Waals surface area (Å²) in [4.78, 5) is 22.1. The molecule has 1 atom stereocenters. The summed E-state index contributed by atoms with van der Waals surface area (Å²) >= 11 is 0. The van der Waals surface area contributed by atoms with Gasteiger partial charge in [-0.15, -0.1) is 0 Å². The number of carboxylic acid groups (broad SMARTS) is 1. The molecule has 0 amide bonds. The minimum atomic E-state index is -2.82. The Morgan fingerprint density at radius 1 is 0.862 bits per heavy atom. The first-order valence-corrected chi connectivity index (χ1v) is 22.1. The Morgan fingerprint density at radius 3 is 1.72 bits per heavy atom. The van der Waals surface area contributed by atoms with Crippen LogP contribution in [0.5, 0.6) is 0 Å². The summed E-state index contributed by atoms with van der Waals surface area (Å²) in [6, 6.07) is 0. The van der Waals surface area contributed by atoms with Crippen LogP contribution in [-0.2, 0) is 26.7 Å². The van der Waals surface area contributed by atoms with E-state index in [0.29, 0.717) is 6.42 Å². The van der Waals surface area contributed by atoms with E-state index in [2.05, 4.69) is 59.3 Å². The van der Waals surface area contributed by atoms with Gasteiger partial charge in [0, 0.05) is 18.7 Å². The smallest absolute Gasteiger partial charge is 0.466 e. The van der Waals surface area contributed by atoms with E-state index in [0.717, 1.165) is 18.6 Å². The maximum absolute atomic E-state index is 11.6. The molecule has 29 heavy (non-hydrogen) atoms. The second kappa shape index (κ2) is 11.2. The molecule has 1 unspecified atom stereocenters. The summed E-state index contributed by atoms with van der Waals surface area (Å²) in [7, 11) is -8.77. The number of carboxylic acids is 1. The normalized spacial score (nSPS) is 14.8. The van der Waals surface area contributed by atoms with Crippen molar-refractivity contribution < 1.29 is 31.8 Å². The monoisotopic (exact) mass is 480 g/mol. The second-order valence-corrected chi connectivity index (χ2v) is 26.4. The van der Waals surface area contributed by atoms with E-state index in [1.165, 1.54) is 0 Å². The van der Waals surface area contributed by atoms with Gasteiger partial charge in [0.25, 0.3) is 0 Å². The van der Waals surface area contributed by atoms with Crippen LogP contribution in [0.2, 0.25) is 64.5 Å². The number of carbonyl (C=O) groups is 2. The molecule has 0 aliphatic heterocycles. The maximum atomic E-state index is 11.6. The van der Waals surface area contributed by atoms with Crippen molar-refractivity contribution in [3.8, 4) is 0 Å². The van der Waals surface area contributed by atoms with Gasteiger partial charge < -0.3 is 22.2 Å². The van der Waals surface area contributed by atoms with Gasteiger partial charge in [-0.1, -0.05) is 13.3 Å². The molecule has 0 saturated carbocycles. The van der Waals surface area contributed by atoms with Crippen LogP contribution in [0.1, 0.15) is 19.8 Å². The van der Waals surface area contributed by atoms with Gasteiger partial charge in [0.05, 0.1) is 6.61 Å². The van der Waals surface area contributed by atoms with E-state index < -0.39 is 45.7 Å². The number of aliphatic carboxylic acids is 1. The predicted molar refractivity (Wildman–Crippen MR) is 125 cm³/mol. The Hall–Kier alpha value is -0.572. The topological polar surface area (TPSA) is 91.3 Å². The molecule has 0 spiro atoms. The van der Waals surface area contributed by atoms with Gasteiger partial charge in [0.1, 0.15) is 0 Å². The number of esters is 1. The fourth-order valence-electron chi connectivity index (χ4n) is 3.27. The molecule has 0 heterocycles. The fourth-order valence-corrected chi connectivity index (χ4v) is 20.1. The molecule has 0 aromatic rings. The molecule has 170 valence electrons. The van der Waals surface area contributed by atoms with Crippen LogP contribution in [0.4, 0.5) is 0 Å². The Labute approximate surface area is 180 Å². The van der Waals surface area contributed by atoms with Crippen molar-refractivity contribution in [1.29, 1.82) is 0 Å². The molecule has 0 bridgehead atoms. The number of hydrogen-bond donors (Lipinski definition) is 1. The highest BCUT2D eigenvalue weighted by Crippen LogP contribution is 2.34. The van der Waals surface area contributed by atoms with E-state index >= 15 is 0 Å². The molecule has 0 aliphatic rings. The van der Waals surface area contributed by atoms with Gasteiger partial charge in [-0.3, -0.25) is 0 Å². The minimum absolute atomic E-state index is 0.225. The van der Waals surface area contributed by atoms with Crippen LogP contribution in [0.25, 0.3) is 0 Å². The van der Waals surface area contributed by atoms with Crippen molar-refractivity contribution in [3.05, 3.63) is 12.2 Å². The van der Waals surface area contributed by atoms with Crippen LogP contribution < -0.4 is 0 Å². The first-order chi connectivity index (χ1) is 12.9. The van der Waals surface area contributed by atoms with Crippen molar-refractivity contribution in [3.63, 3.8) is 0 Å². The van der Waals surface area contributed by atoms with Crippen LogP contribution in [0, 0.1) is 0 Å². The molecule has 1 N–H and O–H groups in total. The van der Waals surface area contributed by atoms with Gasteiger partial charge in [0.2, 0.25) is 0 Å². The van der Waals surface area contributed by atoms with Crippen molar-refractivity contribution in [1.82, 2.24) is 0 Å².